The Morgan fingerprint density at radius 3 is 1.84 bits per heavy atom. The number of carbonyl (C=O) groups is 1. The van der Waals surface area contributed by atoms with Crippen LogP contribution >= 0.6 is 0 Å². The van der Waals surface area contributed by atoms with Crippen LogP contribution in [0, 0.1) is 0 Å². The molecule has 0 aliphatic carbocycles. The van der Waals surface area contributed by atoms with E-state index in [0.29, 0.717) is 12.2 Å². The summed E-state index contributed by atoms with van der Waals surface area (Å²) in [6, 6.07) is 0. The lowest BCUT2D eigenvalue weighted by atomic mass is 10.0. The Morgan fingerprint density at radius 2 is 1.28 bits per heavy atom. The Hall–Kier alpha value is -0.410. The zero-order valence-electron chi connectivity index (χ0n) is 17.2. The molecule has 0 spiro atoms. The van der Waals surface area contributed by atoms with Crippen molar-refractivity contribution < 1.29 is 9.90 Å². The van der Waals surface area contributed by atoms with E-state index in [4.69, 9.17) is 0 Å². The van der Waals surface area contributed by atoms with Gasteiger partial charge < -0.3 is 5.11 Å². The minimum Gasteiger partial charge on any atom is -0.379 e. The van der Waals surface area contributed by atoms with Crippen molar-refractivity contribution in [1.82, 2.24) is 5.32 Å². The van der Waals surface area contributed by atoms with E-state index in [2.05, 4.69) is 12.2 Å². The molecule has 1 atom stereocenters. The Balaban J connectivity index is 3.14. The van der Waals surface area contributed by atoms with Gasteiger partial charge in [0.05, 0.1) is 0 Å². The van der Waals surface area contributed by atoms with E-state index in [1.165, 1.54) is 77.0 Å². The number of hydrogen-bond acceptors (Lipinski definition) is 3. The van der Waals surface area contributed by atoms with Gasteiger partial charge in [-0.3, -0.25) is 10.1 Å². The van der Waals surface area contributed by atoms with Gasteiger partial charge in [0.25, 0.3) is 0 Å². The maximum Gasteiger partial charge on any atom is 0.132 e. The SMILES string of the molecule is CCCCCCNC(O)CCCCCCCCCCCCC(=O)CC. The molecule has 25 heavy (non-hydrogen) atoms. The number of unbranched alkanes of at least 4 members (excludes halogenated alkanes) is 12. The van der Waals surface area contributed by atoms with Gasteiger partial charge >= 0.3 is 0 Å². The van der Waals surface area contributed by atoms with Crippen LogP contribution < -0.4 is 5.32 Å². The number of Topliss-reactive ketones (excluding diaryl/α,β-unsaturated/α-hetero) is 1. The van der Waals surface area contributed by atoms with Gasteiger partial charge in [-0.1, -0.05) is 84.5 Å². The van der Waals surface area contributed by atoms with Crippen LogP contribution in [-0.2, 0) is 4.79 Å². The second-order valence-electron chi connectivity index (χ2n) is 7.50. The Morgan fingerprint density at radius 1 is 0.760 bits per heavy atom. The predicted molar refractivity (Wildman–Crippen MR) is 109 cm³/mol. The Kier molecular flexibility index (Phi) is 19.6. The van der Waals surface area contributed by atoms with Crippen molar-refractivity contribution in [2.75, 3.05) is 6.54 Å². The number of hydrogen-bond donors (Lipinski definition) is 2. The fourth-order valence-electron chi connectivity index (χ4n) is 3.17. The van der Waals surface area contributed by atoms with Crippen LogP contribution in [0.25, 0.3) is 0 Å². The number of rotatable bonds is 20. The molecule has 0 saturated heterocycles. The van der Waals surface area contributed by atoms with Crippen LogP contribution in [0.3, 0.4) is 0 Å². The second kappa shape index (κ2) is 19.9. The zero-order valence-corrected chi connectivity index (χ0v) is 17.2. The molecule has 3 heteroatoms. The average Bonchev–Trinajstić information content (AvgIpc) is 2.62. The smallest absolute Gasteiger partial charge is 0.132 e. The molecule has 0 radical (unpaired) electrons. The minimum absolute atomic E-state index is 0.304. The van der Waals surface area contributed by atoms with Crippen molar-refractivity contribution in [1.29, 1.82) is 0 Å². The highest BCUT2D eigenvalue weighted by Gasteiger charge is 2.02. The highest BCUT2D eigenvalue weighted by atomic mass is 16.3. The quantitative estimate of drug-likeness (QED) is 0.204. The summed E-state index contributed by atoms with van der Waals surface area (Å²) >= 11 is 0. The van der Waals surface area contributed by atoms with Crippen LogP contribution in [0.4, 0.5) is 0 Å². The monoisotopic (exact) mass is 355 g/mol. The lowest BCUT2D eigenvalue weighted by Crippen LogP contribution is -2.29. The van der Waals surface area contributed by atoms with Gasteiger partial charge in [-0.25, -0.2) is 0 Å². The van der Waals surface area contributed by atoms with Gasteiger partial charge in [0.1, 0.15) is 12.0 Å². The molecule has 0 heterocycles. The first-order chi connectivity index (χ1) is 12.2. The zero-order chi connectivity index (χ0) is 18.6. The summed E-state index contributed by atoms with van der Waals surface area (Å²) in [5.41, 5.74) is 0. The molecule has 0 aliphatic rings. The topological polar surface area (TPSA) is 49.3 Å². The number of carbonyl (C=O) groups excluding carboxylic acids is 1. The molecule has 2 N–H and O–H groups in total. The van der Waals surface area contributed by atoms with Crippen molar-refractivity contribution in [2.45, 2.75) is 129 Å². The van der Waals surface area contributed by atoms with Crippen molar-refractivity contribution >= 4 is 5.78 Å². The van der Waals surface area contributed by atoms with E-state index in [9.17, 15) is 9.90 Å². The largest absolute Gasteiger partial charge is 0.379 e. The number of aliphatic hydroxyl groups excluding tert-OH is 1. The lowest BCUT2D eigenvalue weighted by Gasteiger charge is -2.12. The van der Waals surface area contributed by atoms with Crippen LogP contribution in [0.15, 0.2) is 0 Å². The normalized spacial score (nSPS) is 12.4. The maximum absolute atomic E-state index is 11.2. The molecule has 0 aromatic carbocycles. The number of nitrogens with one attached hydrogen (secondary N) is 1. The van der Waals surface area contributed by atoms with Gasteiger partial charge in [-0.2, -0.15) is 0 Å². The molecule has 0 aromatic heterocycles. The third kappa shape index (κ3) is 19.8. The number of aliphatic hydroxyl groups is 1. The van der Waals surface area contributed by atoms with Crippen LogP contribution in [-0.4, -0.2) is 23.7 Å². The van der Waals surface area contributed by atoms with Crippen molar-refractivity contribution in [3.8, 4) is 0 Å². The summed E-state index contributed by atoms with van der Waals surface area (Å²) in [4.78, 5) is 11.2. The highest BCUT2D eigenvalue weighted by Crippen LogP contribution is 2.12. The first-order valence-electron chi connectivity index (χ1n) is 11.1. The van der Waals surface area contributed by atoms with Gasteiger partial charge in [0.15, 0.2) is 0 Å². The summed E-state index contributed by atoms with van der Waals surface area (Å²) in [7, 11) is 0. The third-order valence-corrected chi connectivity index (χ3v) is 4.99. The van der Waals surface area contributed by atoms with Gasteiger partial charge in [-0.05, 0) is 32.2 Å². The predicted octanol–water partition coefficient (Wildman–Crippen LogP) is 6.14. The molecular formula is C22H45NO2. The molecule has 0 amide bonds. The summed E-state index contributed by atoms with van der Waals surface area (Å²) in [5, 5.41) is 13.1. The summed E-state index contributed by atoms with van der Waals surface area (Å²) < 4.78 is 0. The molecular weight excluding hydrogens is 310 g/mol. The Bertz CT molecular complexity index is 281. The average molecular weight is 356 g/mol. The lowest BCUT2D eigenvalue weighted by molar-refractivity contribution is -0.118. The van der Waals surface area contributed by atoms with Crippen molar-refractivity contribution in [2.24, 2.45) is 0 Å². The fourth-order valence-corrected chi connectivity index (χ4v) is 3.17. The van der Waals surface area contributed by atoms with E-state index in [0.717, 1.165) is 32.2 Å². The third-order valence-electron chi connectivity index (χ3n) is 4.99. The summed E-state index contributed by atoms with van der Waals surface area (Å²) in [6.45, 7) is 5.13. The van der Waals surface area contributed by atoms with Crippen molar-refractivity contribution in [3.63, 3.8) is 0 Å². The highest BCUT2D eigenvalue weighted by molar-refractivity contribution is 5.77. The van der Waals surface area contributed by atoms with Crippen LogP contribution in [0.1, 0.15) is 123 Å². The van der Waals surface area contributed by atoms with Crippen LogP contribution in [0.5, 0.6) is 0 Å². The first-order valence-corrected chi connectivity index (χ1v) is 11.1. The molecule has 3 nitrogen and oxygen atoms in total. The minimum atomic E-state index is -0.304. The molecule has 0 rings (SSSR count). The standard InChI is InChI=1S/C22H45NO2/c1-3-5-6-17-20-23-22(25)19-16-14-12-10-8-7-9-11-13-15-18-21(24)4-2/h22-23,25H,3-20H2,1-2H3. The number of ketones is 1. The molecule has 0 fully saturated rings. The molecule has 1 unspecified atom stereocenters. The van der Waals surface area contributed by atoms with Gasteiger partial charge in [-0.15, -0.1) is 0 Å². The Labute approximate surface area is 157 Å². The van der Waals surface area contributed by atoms with Crippen molar-refractivity contribution in [3.05, 3.63) is 0 Å². The molecule has 0 aromatic rings. The molecule has 0 bridgehead atoms. The second-order valence-corrected chi connectivity index (χ2v) is 7.50. The molecule has 0 saturated carbocycles. The molecule has 0 aliphatic heterocycles. The van der Waals surface area contributed by atoms with Gasteiger partial charge in [0, 0.05) is 12.8 Å². The van der Waals surface area contributed by atoms with E-state index in [1.807, 2.05) is 6.92 Å². The summed E-state index contributed by atoms with van der Waals surface area (Å²) in [5.74, 6) is 0.414. The van der Waals surface area contributed by atoms with Gasteiger partial charge in [0.2, 0.25) is 0 Å². The maximum atomic E-state index is 11.2. The summed E-state index contributed by atoms with van der Waals surface area (Å²) in [6.07, 6.45) is 19.7. The fraction of sp³-hybridized carbons (Fsp3) is 0.955. The van der Waals surface area contributed by atoms with E-state index < -0.39 is 0 Å². The van der Waals surface area contributed by atoms with Crippen LogP contribution in [0.2, 0.25) is 0 Å². The first kappa shape index (κ1) is 24.6. The van der Waals surface area contributed by atoms with E-state index in [-0.39, 0.29) is 6.23 Å². The van der Waals surface area contributed by atoms with E-state index in [1.54, 1.807) is 0 Å². The molecule has 150 valence electrons. The van der Waals surface area contributed by atoms with E-state index >= 15 is 0 Å².